The summed E-state index contributed by atoms with van der Waals surface area (Å²) in [7, 11) is -2.12. The second-order valence-corrected chi connectivity index (χ2v) is 9.39. The van der Waals surface area contributed by atoms with Crippen LogP contribution in [-0.4, -0.2) is 51.4 Å². The number of benzene rings is 2. The van der Waals surface area contributed by atoms with Gasteiger partial charge in [-0.05, 0) is 49.2 Å². The third-order valence-corrected chi connectivity index (χ3v) is 7.10. The van der Waals surface area contributed by atoms with E-state index in [1.165, 1.54) is 35.7 Å². The Morgan fingerprint density at radius 2 is 1.81 bits per heavy atom. The zero-order valence-corrected chi connectivity index (χ0v) is 18.5. The van der Waals surface area contributed by atoms with Crippen molar-refractivity contribution in [3.63, 3.8) is 0 Å². The Morgan fingerprint density at radius 1 is 1.13 bits per heavy atom. The molecule has 1 aliphatic heterocycles. The van der Waals surface area contributed by atoms with Crippen molar-refractivity contribution in [2.45, 2.75) is 17.7 Å². The fourth-order valence-corrected chi connectivity index (χ4v) is 4.84. The van der Waals surface area contributed by atoms with Gasteiger partial charge in [0.25, 0.3) is 5.91 Å². The average molecular weight is 467 g/mol. The highest BCUT2D eigenvalue weighted by Gasteiger charge is 2.33. The Hall–Kier alpha value is -2.62. The van der Waals surface area contributed by atoms with Gasteiger partial charge in [0, 0.05) is 29.9 Å². The van der Waals surface area contributed by atoms with E-state index in [-0.39, 0.29) is 18.0 Å². The predicted octanol–water partition coefficient (Wildman–Crippen LogP) is 2.93. The van der Waals surface area contributed by atoms with Crippen LogP contribution in [0.15, 0.2) is 53.4 Å². The van der Waals surface area contributed by atoms with Gasteiger partial charge in [0.05, 0.1) is 17.9 Å². The van der Waals surface area contributed by atoms with Gasteiger partial charge in [0.15, 0.2) is 6.61 Å². The van der Waals surface area contributed by atoms with Crippen LogP contribution in [0.3, 0.4) is 0 Å². The topological polar surface area (TPSA) is 102 Å². The fraction of sp³-hybridized carbons (Fsp3) is 0.333. The van der Waals surface area contributed by atoms with Crippen LogP contribution < -0.4 is 10.1 Å². The number of nitrogens with one attached hydrogen (secondary N) is 1. The number of halogens is 1. The molecular formula is C21H23ClN2O6S. The summed E-state index contributed by atoms with van der Waals surface area (Å²) in [5.74, 6) is -0.843. The SMILES string of the molecule is COc1cccc(NC(=O)COC(=O)C2CCN(S(=O)(=O)c3ccc(Cl)cc3)CC2)c1. The molecular weight excluding hydrogens is 444 g/mol. The van der Waals surface area contributed by atoms with E-state index >= 15 is 0 Å². The zero-order chi connectivity index (χ0) is 22.4. The normalized spacial score (nSPS) is 15.3. The summed E-state index contributed by atoms with van der Waals surface area (Å²) in [6, 6.07) is 12.8. The molecule has 1 N–H and O–H groups in total. The first-order valence-electron chi connectivity index (χ1n) is 9.66. The minimum Gasteiger partial charge on any atom is -0.497 e. The first-order chi connectivity index (χ1) is 14.8. The summed E-state index contributed by atoms with van der Waals surface area (Å²) in [6.45, 7) is -0.0270. The monoisotopic (exact) mass is 466 g/mol. The van der Waals surface area contributed by atoms with Crippen LogP contribution in [0.4, 0.5) is 5.69 Å². The van der Waals surface area contributed by atoms with Crippen LogP contribution in [0.5, 0.6) is 5.75 Å². The molecule has 3 rings (SSSR count). The average Bonchev–Trinajstić information content (AvgIpc) is 2.78. The molecule has 1 heterocycles. The van der Waals surface area contributed by atoms with Crippen molar-refractivity contribution in [3.8, 4) is 5.75 Å². The molecule has 0 spiro atoms. The number of carbonyl (C=O) groups excluding carboxylic acids is 2. The molecule has 1 amide bonds. The molecule has 0 unspecified atom stereocenters. The summed E-state index contributed by atoms with van der Waals surface area (Å²) >= 11 is 5.82. The van der Waals surface area contributed by atoms with Gasteiger partial charge in [-0.3, -0.25) is 9.59 Å². The molecule has 2 aromatic rings. The van der Waals surface area contributed by atoms with Crippen molar-refractivity contribution >= 4 is 39.2 Å². The van der Waals surface area contributed by atoms with Gasteiger partial charge in [-0.15, -0.1) is 0 Å². The van der Waals surface area contributed by atoms with E-state index in [4.69, 9.17) is 21.1 Å². The fourth-order valence-electron chi connectivity index (χ4n) is 3.24. The maximum Gasteiger partial charge on any atom is 0.309 e. The van der Waals surface area contributed by atoms with Crippen molar-refractivity contribution in [2.24, 2.45) is 5.92 Å². The highest BCUT2D eigenvalue weighted by Crippen LogP contribution is 2.25. The van der Waals surface area contributed by atoms with Gasteiger partial charge in [0.1, 0.15) is 5.75 Å². The van der Waals surface area contributed by atoms with Crippen molar-refractivity contribution in [1.29, 1.82) is 0 Å². The summed E-state index contributed by atoms with van der Waals surface area (Å²) in [5.41, 5.74) is 0.529. The Bertz CT molecular complexity index is 1030. The maximum atomic E-state index is 12.7. The summed E-state index contributed by atoms with van der Waals surface area (Å²) in [6.07, 6.45) is 0.645. The lowest BCUT2D eigenvalue weighted by atomic mass is 9.98. The molecule has 0 atom stereocenters. The van der Waals surface area contributed by atoms with Gasteiger partial charge in [-0.1, -0.05) is 17.7 Å². The van der Waals surface area contributed by atoms with Gasteiger partial charge in [0.2, 0.25) is 10.0 Å². The molecule has 2 aromatic carbocycles. The van der Waals surface area contributed by atoms with Crippen molar-refractivity contribution < 1.29 is 27.5 Å². The largest absolute Gasteiger partial charge is 0.497 e. The first kappa shape index (κ1) is 23.1. The molecule has 31 heavy (non-hydrogen) atoms. The summed E-state index contributed by atoms with van der Waals surface area (Å²) in [5, 5.41) is 3.09. The number of piperidine rings is 1. The number of anilines is 1. The number of amides is 1. The lowest BCUT2D eigenvalue weighted by Crippen LogP contribution is -2.40. The molecule has 1 fully saturated rings. The standard InChI is InChI=1S/C21H23ClN2O6S/c1-29-18-4-2-3-17(13-18)23-20(25)14-30-21(26)15-9-11-24(12-10-15)31(27,28)19-7-5-16(22)6-8-19/h2-8,13,15H,9-12,14H2,1H3,(H,23,25). The number of esters is 1. The smallest absolute Gasteiger partial charge is 0.309 e. The molecule has 0 bridgehead atoms. The highest BCUT2D eigenvalue weighted by molar-refractivity contribution is 7.89. The Labute approximate surface area is 186 Å². The summed E-state index contributed by atoms with van der Waals surface area (Å²) < 4.78 is 37.0. The number of ether oxygens (including phenoxy) is 2. The molecule has 0 aromatic heterocycles. The van der Waals surface area contributed by atoms with E-state index < -0.39 is 34.4 Å². The maximum absolute atomic E-state index is 12.7. The lowest BCUT2D eigenvalue weighted by Gasteiger charge is -2.30. The number of rotatable bonds is 7. The van der Waals surface area contributed by atoms with Crippen LogP contribution in [0.1, 0.15) is 12.8 Å². The first-order valence-corrected chi connectivity index (χ1v) is 11.5. The van der Waals surface area contributed by atoms with Crippen molar-refractivity contribution in [2.75, 3.05) is 32.1 Å². The Morgan fingerprint density at radius 3 is 2.45 bits per heavy atom. The molecule has 10 heteroatoms. The van der Waals surface area contributed by atoms with Crippen LogP contribution in [0.2, 0.25) is 5.02 Å². The van der Waals surface area contributed by atoms with Crippen LogP contribution in [0.25, 0.3) is 0 Å². The minimum atomic E-state index is -3.65. The van der Waals surface area contributed by atoms with E-state index in [2.05, 4.69) is 5.32 Å². The van der Waals surface area contributed by atoms with Crippen LogP contribution in [0, 0.1) is 5.92 Å². The van der Waals surface area contributed by atoms with Crippen LogP contribution in [-0.2, 0) is 24.3 Å². The molecule has 1 saturated heterocycles. The van der Waals surface area contributed by atoms with Gasteiger partial charge >= 0.3 is 5.97 Å². The highest BCUT2D eigenvalue weighted by atomic mass is 35.5. The Balaban J connectivity index is 1.47. The number of sulfonamides is 1. The second kappa shape index (κ2) is 10.1. The Kier molecular flexibility index (Phi) is 7.53. The van der Waals surface area contributed by atoms with Crippen LogP contribution >= 0.6 is 11.6 Å². The molecule has 0 radical (unpaired) electrons. The number of methoxy groups -OCH3 is 1. The lowest BCUT2D eigenvalue weighted by molar-refractivity contribution is -0.152. The van der Waals surface area contributed by atoms with Gasteiger partial charge < -0.3 is 14.8 Å². The minimum absolute atomic E-state index is 0.159. The van der Waals surface area contributed by atoms with E-state index in [0.717, 1.165) is 0 Å². The van der Waals surface area contributed by atoms with E-state index in [9.17, 15) is 18.0 Å². The van der Waals surface area contributed by atoms with Crippen molar-refractivity contribution in [1.82, 2.24) is 4.31 Å². The zero-order valence-electron chi connectivity index (χ0n) is 16.9. The molecule has 166 valence electrons. The molecule has 1 aliphatic rings. The predicted molar refractivity (Wildman–Crippen MR) is 116 cm³/mol. The van der Waals surface area contributed by atoms with E-state index in [1.54, 1.807) is 24.3 Å². The third kappa shape index (κ3) is 5.96. The quantitative estimate of drug-likeness (QED) is 0.629. The van der Waals surface area contributed by atoms with Crippen molar-refractivity contribution in [3.05, 3.63) is 53.6 Å². The van der Waals surface area contributed by atoms with E-state index in [0.29, 0.717) is 29.3 Å². The second-order valence-electron chi connectivity index (χ2n) is 7.02. The molecule has 0 saturated carbocycles. The number of hydrogen-bond donors (Lipinski definition) is 1. The summed E-state index contributed by atoms with van der Waals surface area (Å²) in [4.78, 5) is 24.5. The number of carbonyl (C=O) groups is 2. The molecule has 8 nitrogen and oxygen atoms in total. The number of nitrogens with zero attached hydrogens (tertiary/aromatic N) is 1. The van der Waals surface area contributed by atoms with Gasteiger partial charge in [-0.2, -0.15) is 4.31 Å². The third-order valence-electron chi connectivity index (χ3n) is 4.94. The molecule has 0 aliphatic carbocycles. The van der Waals surface area contributed by atoms with Gasteiger partial charge in [-0.25, -0.2) is 8.42 Å². The van der Waals surface area contributed by atoms with E-state index in [1.807, 2.05) is 0 Å². The number of hydrogen-bond acceptors (Lipinski definition) is 6.